The van der Waals surface area contributed by atoms with Crippen LogP contribution in [-0.2, 0) is 0 Å². The highest BCUT2D eigenvalue weighted by molar-refractivity contribution is 5.95. The first-order valence-corrected chi connectivity index (χ1v) is 8.09. The summed E-state index contributed by atoms with van der Waals surface area (Å²) in [5.74, 6) is -0.253. The molecule has 0 fully saturated rings. The highest BCUT2D eigenvalue weighted by Crippen LogP contribution is 2.10. The summed E-state index contributed by atoms with van der Waals surface area (Å²) in [5, 5.41) is 5.64. The van der Waals surface area contributed by atoms with Crippen LogP contribution in [0.5, 0.6) is 0 Å². The molecule has 0 aliphatic heterocycles. The molecule has 2 aromatic rings. The average Bonchev–Trinajstić information content (AvgIpc) is 2.56. The van der Waals surface area contributed by atoms with Crippen LogP contribution in [0, 0.1) is 27.7 Å². The molecule has 0 saturated heterocycles. The molecule has 4 heteroatoms. The molecule has 0 spiro atoms. The van der Waals surface area contributed by atoms with Crippen molar-refractivity contribution < 1.29 is 9.59 Å². The van der Waals surface area contributed by atoms with Crippen molar-refractivity contribution in [3.05, 3.63) is 69.8 Å². The zero-order valence-electron chi connectivity index (χ0n) is 14.7. The predicted octanol–water partition coefficient (Wildman–Crippen LogP) is 3.08. The largest absolute Gasteiger partial charge is 0.350 e. The molecule has 2 aromatic carbocycles. The second kappa shape index (κ2) is 7.77. The van der Waals surface area contributed by atoms with Gasteiger partial charge in [0.25, 0.3) is 11.8 Å². The lowest BCUT2D eigenvalue weighted by molar-refractivity contribution is 0.0927. The van der Waals surface area contributed by atoms with Gasteiger partial charge in [0.2, 0.25) is 0 Å². The van der Waals surface area contributed by atoms with Crippen LogP contribution in [0.3, 0.4) is 0 Å². The summed E-state index contributed by atoms with van der Waals surface area (Å²) in [6, 6.07) is 11.2. The molecule has 0 atom stereocenters. The van der Waals surface area contributed by atoms with Crippen molar-refractivity contribution in [1.29, 1.82) is 0 Å². The van der Waals surface area contributed by atoms with Crippen LogP contribution in [0.1, 0.15) is 43.0 Å². The molecule has 0 saturated carbocycles. The van der Waals surface area contributed by atoms with Crippen molar-refractivity contribution in [1.82, 2.24) is 10.6 Å². The summed E-state index contributed by atoms with van der Waals surface area (Å²) in [6.07, 6.45) is 0. The predicted molar refractivity (Wildman–Crippen MR) is 96.5 cm³/mol. The van der Waals surface area contributed by atoms with E-state index in [-0.39, 0.29) is 11.8 Å². The van der Waals surface area contributed by atoms with Crippen molar-refractivity contribution in [2.45, 2.75) is 27.7 Å². The first-order valence-electron chi connectivity index (χ1n) is 8.09. The van der Waals surface area contributed by atoms with Crippen LogP contribution < -0.4 is 10.6 Å². The van der Waals surface area contributed by atoms with E-state index in [2.05, 4.69) is 10.6 Å². The van der Waals surface area contributed by atoms with Gasteiger partial charge < -0.3 is 10.6 Å². The Labute approximate surface area is 143 Å². The fourth-order valence-corrected chi connectivity index (χ4v) is 2.32. The van der Waals surface area contributed by atoms with Crippen molar-refractivity contribution in [2.75, 3.05) is 13.1 Å². The van der Waals surface area contributed by atoms with Crippen LogP contribution in [0.25, 0.3) is 0 Å². The molecule has 0 aliphatic rings. The lowest BCUT2D eigenvalue weighted by atomic mass is 10.1. The Morgan fingerprint density at radius 1 is 0.667 bits per heavy atom. The third-order valence-corrected chi connectivity index (χ3v) is 4.23. The van der Waals surface area contributed by atoms with Gasteiger partial charge in [0.05, 0.1) is 0 Å². The van der Waals surface area contributed by atoms with Crippen LogP contribution in [-0.4, -0.2) is 24.9 Å². The van der Waals surface area contributed by atoms with E-state index in [1.807, 2.05) is 64.1 Å². The van der Waals surface area contributed by atoms with Crippen molar-refractivity contribution in [3.8, 4) is 0 Å². The maximum atomic E-state index is 12.1. The third kappa shape index (κ3) is 4.44. The maximum absolute atomic E-state index is 12.1. The third-order valence-electron chi connectivity index (χ3n) is 4.23. The molecule has 24 heavy (non-hydrogen) atoms. The Bertz CT molecular complexity index is 701. The Hall–Kier alpha value is -2.62. The molecular weight excluding hydrogens is 300 g/mol. The summed E-state index contributed by atoms with van der Waals surface area (Å²) in [6.45, 7) is 8.77. The molecule has 2 N–H and O–H groups in total. The summed E-state index contributed by atoms with van der Waals surface area (Å²) >= 11 is 0. The van der Waals surface area contributed by atoms with Crippen LogP contribution >= 0.6 is 0 Å². The van der Waals surface area contributed by atoms with E-state index >= 15 is 0 Å². The van der Waals surface area contributed by atoms with E-state index in [1.54, 1.807) is 0 Å². The maximum Gasteiger partial charge on any atom is 0.251 e. The molecule has 0 bridgehead atoms. The van der Waals surface area contributed by atoms with Crippen LogP contribution in [0.15, 0.2) is 36.4 Å². The highest BCUT2D eigenvalue weighted by Gasteiger charge is 2.08. The van der Waals surface area contributed by atoms with Gasteiger partial charge in [-0.25, -0.2) is 0 Å². The summed E-state index contributed by atoms with van der Waals surface area (Å²) in [4.78, 5) is 24.2. The van der Waals surface area contributed by atoms with Gasteiger partial charge in [-0.15, -0.1) is 0 Å². The van der Waals surface area contributed by atoms with E-state index in [4.69, 9.17) is 0 Å². The molecule has 0 aliphatic carbocycles. The number of benzene rings is 2. The van der Waals surface area contributed by atoms with Gasteiger partial charge in [0.15, 0.2) is 0 Å². The number of amides is 2. The van der Waals surface area contributed by atoms with Gasteiger partial charge in [-0.3, -0.25) is 9.59 Å². The lowest BCUT2D eigenvalue weighted by Crippen LogP contribution is -2.34. The molecule has 0 radical (unpaired) electrons. The van der Waals surface area contributed by atoms with Gasteiger partial charge >= 0.3 is 0 Å². The molecule has 0 heterocycles. The monoisotopic (exact) mass is 324 g/mol. The Kier molecular flexibility index (Phi) is 5.74. The number of aryl methyl sites for hydroxylation is 4. The second-order valence-electron chi connectivity index (χ2n) is 6.11. The highest BCUT2D eigenvalue weighted by atomic mass is 16.2. The first-order chi connectivity index (χ1) is 11.4. The smallest absolute Gasteiger partial charge is 0.251 e. The average molecular weight is 324 g/mol. The molecular formula is C20H24N2O2. The zero-order chi connectivity index (χ0) is 17.7. The minimum absolute atomic E-state index is 0.126. The minimum Gasteiger partial charge on any atom is -0.350 e. The second-order valence-corrected chi connectivity index (χ2v) is 6.11. The summed E-state index contributed by atoms with van der Waals surface area (Å²) < 4.78 is 0. The van der Waals surface area contributed by atoms with Crippen molar-refractivity contribution in [2.24, 2.45) is 0 Å². The van der Waals surface area contributed by atoms with Crippen molar-refractivity contribution in [3.63, 3.8) is 0 Å². The van der Waals surface area contributed by atoms with Gasteiger partial charge in [0.1, 0.15) is 0 Å². The number of carbonyl (C=O) groups is 2. The number of carbonyl (C=O) groups excluding carboxylic acids is 2. The quantitative estimate of drug-likeness (QED) is 0.831. The SMILES string of the molecule is Cc1ccc(C(=O)NCCNC(=O)c2ccc(C)c(C)c2)cc1C. The van der Waals surface area contributed by atoms with E-state index in [0.29, 0.717) is 24.2 Å². The van der Waals surface area contributed by atoms with Gasteiger partial charge in [-0.05, 0) is 74.2 Å². The van der Waals surface area contributed by atoms with E-state index in [9.17, 15) is 9.59 Å². The fourth-order valence-electron chi connectivity index (χ4n) is 2.32. The molecule has 4 nitrogen and oxygen atoms in total. The number of rotatable bonds is 5. The van der Waals surface area contributed by atoms with Gasteiger partial charge in [-0.1, -0.05) is 12.1 Å². The van der Waals surface area contributed by atoms with E-state index in [1.165, 1.54) is 0 Å². The fraction of sp³-hybridized carbons (Fsp3) is 0.300. The number of nitrogens with one attached hydrogen (secondary N) is 2. The van der Waals surface area contributed by atoms with E-state index < -0.39 is 0 Å². The molecule has 0 unspecified atom stereocenters. The molecule has 0 aromatic heterocycles. The lowest BCUT2D eigenvalue weighted by Gasteiger charge is -2.09. The molecule has 126 valence electrons. The van der Waals surface area contributed by atoms with Crippen LogP contribution in [0.2, 0.25) is 0 Å². The summed E-state index contributed by atoms with van der Waals surface area (Å²) in [5.41, 5.74) is 5.77. The van der Waals surface area contributed by atoms with Gasteiger partial charge in [0, 0.05) is 24.2 Å². The van der Waals surface area contributed by atoms with E-state index in [0.717, 1.165) is 22.3 Å². The number of hydrogen-bond donors (Lipinski definition) is 2. The van der Waals surface area contributed by atoms with Gasteiger partial charge in [-0.2, -0.15) is 0 Å². The molecule has 2 amide bonds. The standard InChI is InChI=1S/C20H24N2O2/c1-13-5-7-17(11-15(13)3)19(23)21-9-10-22-20(24)18-8-6-14(2)16(4)12-18/h5-8,11-12H,9-10H2,1-4H3,(H,21,23)(H,22,24). The Balaban J connectivity index is 1.81. The Morgan fingerprint density at radius 3 is 1.38 bits per heavy atom. The first kappa shape index (κ1) is 17.7. The topological polar surface area (TPSA) is 58.2 Å². The summed E-state index contributed by atoms with van der Waals surface area (Å²) in [7, 11) is 0. The minimum atomic E-state index is -0.126. The number of hydrogen-bond acceptors (Lipinski definition) is 2. The van der Waals surface area contributed by atoms with Crippen molar-refractivity contribution >= 4 is 11.8 Å². The van der Waals surface area contributed by atoms with Crippen LogP contribution in [0.4, 0.5) is 0 Å². The zero-order valence-corrected chi connectivity index (χ0v) is 14.7. The normalized spacial score (nSPS) is 10.3. The Morgan fingerprint density at radius 2 is 1.04 bits per heavy atom. The molecule has 2 rings (SSSR count).